The van der Waals surface area contributed by atoms with Crippen LogP contribution in [0.4, 0.5) is 0 Å². The van der Waals surface area contributed by atoms with Gasteiger partial charge < -0.3 is 9.31 Å². The SMILES string of the molecule is [2H][C@H](B1O[C@H](C2CCCCC2)[C@@H](C2CCCCC2)O1)[Si](C)(C)c1ccccc1. The van der Waals surface area contributed by atoms with Crippen LogP contribution in [0.2, 0.25) is 19.0 Å². The normalized spacial score (nSPS) is 30.3. The fourth-order valence-electron chi connectivity index (χ4n) is 5.56. The highest BCUT2D eigenvalue weighted by Crippen LogP contribution is 2.41. The minimum absolute atomic E-state index is 0.224. The first kappa shape index (κ1) is 18.5. The molecule has 4 heteroatoms. The summed E-state index contributed by atoms with van der Waals surface area (Å²) < 4.78 is 22.5. The molecule has 3 fully saturated rings. The minimum Gasteiger partial charge on any atom is -0.406 e. The molecule has 27 heavy (non-hydrogen) atoms. The first-order valence-electron chi connectivity index (χ1n) is 11.9. The summed E-state index contributed by atoms with van der Waals surface area (Å²) in [6.45, 7) is 4.60. The summed E-state index contributed by atoms with van der Waals surface area (Å²) in [5.41, 5.74) is 0. The van der Waals surface area contributed by atoms with Crippen LogP contribution in [0, 0.1) is 11.8 Å². The molecule has 0 spiro atoms. The fraction of sp³-hybridized carbons (Fsp3) is 0.739. The van der Waals surface area contributed by atoms with Gasteiger partial charge in [0.05, 0.1) is 20.3 Å². The summed E-state index contributed by atoms with van der Waals surface area (Å²) in [5.74, 6) is 0.994. The lowest BCUT2D eigenvalue weighted by atomic mass is 9.77. The summed E-state index contributed by atoms with van der Waals surface area (Å²) in [4.78, 5) is 0. The fourth-order valence-corrected chi connectivity index (χ4v) is 7.65. The van der Waals surface area contributed by atoms with Crippen molar-refractivity contribution in [2.45, 2.75) is 95.4 Å². The number of hydrogen-bond acceptors (Lipinski definition) is 2. The lowest BCUT2D eigenvalue weighted by Gasteiger charge is -2.35. The largest absolute Gasteiger partial charge is 0.454 e. The van der Waals surface area contributed by atoms with E-state index in [-0.39, 0.29) is 25.2 Å². The zero-order valence-corrected chi connectivity index (χ0v) is 18.2. The predicted octanol–water partition coefficient (Wildman–Crippen LogP) is 5.57. The zero-order valence-electron chi connectivity index (χ0n) is 18.2. The van der Waals surface area contributed by atoms with E-state index in [0.29, 0.717) is 11.8 Å². The van der Waals surface area contributed by atoms with Crippen molar-refractivity contribution < 1.29 is 10.7 Å². The molecule has 0 radical (unpaired) electrons. The zero-order chi connectivity index (χ0) is 19.6. The van der Waals surface area contributed by atoms with Gasteiger partial charge in [-0.3, -0.25) is 0 Å². The van der Waals surface area contributed by atoms with Crippen LogP contribution in [-0.2, 0) is 9.31 Å². The molecule has 0 bridgehead atoms. The van der Waals surface area contributed by atoms with Gasteiger partial charge in [0.25, 0.3) is 0 Å². The van der Waals surface area contributed by atoms with E-state index < -0.39 is 8.07 Å². The Hall–Kier alpha value is -0.578. The number of rotatable bonds is 5. The van der Waals surface area contributed by atoms with Gasteiger partial charge >= 0.3 is 7.12 Å². The molecule has 1 aliphatic heterocycles. The lowest BCUT2D eigenvalue weighted by molar-refractivity contribution is 0.0324. The van der Waals surface area contributed by atoms with Gasteiger partial charge in [0.1, 0.15) is 0 Å². The third-order valence-electron chi connectivity index (χ3n) is 7.21. The smallest absolute Gasteiger partial charge is 0.406 e. The topological polar surface area (TPSA) is 18.5 Å². The molecule has 2 saturated carbocycles. The van der Waals surface area contributed by atoms with Crippen molar-refractivity contribution in [2.75, 3.05) is 0 Å². The molecule has 0 aromatic heterocycles. The van der Waals surface area contributed by atoms with Crippen molar-refractivity contribution in [1.29, 1.82) is 0 Å². The van der Waals surface area contributed by atoms with Crippen molar-refractivity contribution in [3.05, 3.63) is 30.3 Å². The van der Waals surface area contributed by atoms with Gasteiger partial charge in [0, 0.05) is 1.37 Å². The van der Waals surface area contributed by atoms with E-state index in [4.69, 9.17) is 10.7 Å². The first-order valence-corrected chi connectivity index (χ1v) is 14.4. The molecule has 1 heterocycles. The third-order valence-corrected chi connectivity index (χ3v) is 10.1. The van der Waals surface area contributed by atoms with Gasteiger partial charge in [-0.15, -0.1) is 0 Å². The number of hydrogen-bond donors (Lipinski definition) is 0. The Kier molecular flexibility index (Phi) is 6.04. The summed E-state index contributed by atoms with van der Waals surface area (Å²) in [6.07, 6.45) is 13.7. The van der Waals surface area contributed by atoms with E-state index in [9.17, 15) is 0 Å². The van der Waals surface area contributed by atoms with Crippen LogP contribution in [0.5, 0.6) is 0 Å². The van der Waals surface area contributed by atoms with Crippen LogP contribution in [0.25, 0.3) is 0 Å². The Morgan fingerprint density at radius 3 is 1.81 bits per heavy atom. The predicted molar refractivity (Wildman–Crippen MR) is 117 cm³/mol. The molecule has 0 unspecified atom stereocenters. The molecule has 148 valence electrons. The van der Waals surface area contributed by atoms with Crippen molar-refractivity contribution in [2.24, 2.45) is 11.8 Å². The monoisotopic (exact) mass is 385 g/mol. The highest BCUT2D eigenvalue weighted by Gasteiger charge is 2.48. The van der Waals surface area contributed by atoms with Crippen LogP contribution in [0.15, 0.2) is 30.3 Å². The molecule has 0 amide bonds. The van der Waals surface area contributed by atoms with Crippen molar-refractivity contribution in [1.82, 2.24) is 0 Å². The van der Waals surface area contributed by atoms with Crippen LogP contribution >= 0.6 is 0 Å². The molecule has 0 N–H and O–H groups in total. The van der Waals surface area contributed by atoms with Crippen molar-refractivity contribution >= 4 is 20.4 Å². The number of benzene rings is 1. The van der Waals surface area contributed by atoms with Crippen molar-refractivity contribution in [3.63, 3.8) is 0 Å². The second kappa shape index (κ2) is 8.84. The van der Waals surface area contributed by atoms with Gasteiger partial charge in [-0.25, -0.2) is 0 Å². The Balaban J connectivity index is 1.52. The van der Waals surface area contributed by atoms with Gasteiger partial charge in [-0.05, 0) is 43.4 Å². The van der Waals surface area contributed by atoms with E-state index in [1.54, 1.807) is 0 Å². The van der Waals surface area contributed by atoms with E-state index in [2.05, 4.69) is 43.4 Å². The van der Waals surface area contributed by atoms with E-state index in [1.807, 2.05) is 0 Å². The Morgan fingerprint density at radius 2 is 1.33 bits per heavy atom. The van der Waals surface area contributed by atoms with E-state index >= 15 is 0 Å². The molecule has 2 nitrogen and oxygen atoms in total. The molecule has 3 atom stereocenters. The molecule has 2 aliphatic carbocycles. The molecule has 1 saturated heterocycles. The Labute approximate surface area is 169 Å². The molecule has 1 aromatic rings. The second-order valence-electron chi connectivity index (χ2n) is 9.62. The van der Waals surface area contributed by atoms with Crippen LogP contribution < -0.4 is 5.19 Å². The van der Waals surface area contributed by atoms with E-state index in [0.717, 1.165) is 0 Å². The van der Waals surface area contributed by atoms with Crippen molar-refractivity contribution in [3.8, 4) is 0 Å². The summed E-state index contributed by atoms with van der Waals surface area (Å²) in [7, 11) is -2.34. The van der Waals surface area contributed by atoms with E-state index in [1.165, 1.54) is 69.4 Å². The minimum atomic E-state index is -1.99. The molecular formula is C23H37BO2Si. The summed E-state index contributed by atoms with van der Waals surface area (Å²) >= 11 is 0. The first-order chi connectivity index (χ1) is 13.6. The maximum atomic E-state index is 9.13. The Morgan fingerprint density at radius 1 is 0.852 bits per heavy atom. The maximum absolute atomic E-state index is 9.13. The van der Waals surface area contributed by atoms with Crippen LogP contribution in [0.1, 0.15) is 65.6 Å². The quantitative estimate of drug-likeness (QED) is 0.617. The standard InChI is InChI=1S/C23H37BO2Si/c1-27(2,21-16-10-5-11-17-21)18-24-25-22(19-12-6-3-7-13-19)23(26-24)20-14-8-4-9-15-20/h5,10-11,16-17,19-20,22-23H,3-4,6-9,12-15,18H2,1-2H3/t22-,23-/m1/s1/i18D/t18-,22-,23-. The second-order valence-corrected chi connectivity index (χ2v) is 14.0. The molecule has 4 rings (SSSR count). The average Bonchev–Trinajstić information content (AvgIpc) is 3.20. The highest BCUT2D eigenvalue weighted by atomic mass is 28.3. The van der Waals surface area contributed by atoms with Gasteiger partial charge in [-0.1, -0.05) is 87.1 Å². The molecular weight excluding hydrogens is 347 g/mol. The van der Waals surface area contributed by atoms with Crippen LogP contribution in [0.3, 0.4) is 0 Å². The summed E-state index contributed by atoms with van der Waals surface area (Å²) in [5, 5.41) is 1.33. The van der Waals surface area contributed by atoms with Gasteiger partial charge in [0.2, 0.25) is 0 Å². The van der Waals surface area contributed by atoms with Gasteiger partial charge in [-0.2, -0.15) is 0 Å². The lowest BCUT2D eigenvalue weighted by Crippen LogP contribution is -2.45. The Bertz CT molecular complexity index is 590. The van der Waals surface area contributed by atoms with Crippen LogP contribution in [-0.4, -0.2) is 27.4 Å². The maximum Gasteiger partial charge on any atom is 0.454 e. The molecule has 3 aliphatic rings. The van der Waals surface area contributed by atoms with Gasteiger partial charge in [0.15, 0.2) is 0 Å². The molecule has 1 aromatic carbocycles. The third kappa shape index (κ3) is 4.71. The summed E-state index contributed by atoms with van der Waals surface area (Å²) in [6, 6.07) is 10.7. The average molecular weight is 385 g/mol. The highest BCUT2D eigenvalue weighted by molar-refractivity contribution is 6.95.